The molecule has 2 aromatic rings. The maximum absolute atomic E-state index is 12.6. The SMILES string of the molecule is COC1(C(=O)NCc2ccc(-n3ccc(C(F)(F)F)n3)cc2)CCNCC1.Cl. The lowest BCUT2D eigenvalue weighted by Crippen LogP contribution is -2.53. The minimum absolute atomic E-state index is 0. The third kappa shape index (κ3) is 4.84. The van der Waals surface area contributed by atoms with Crippen LogP contribution in [0, 0.1) is 0 Å². The number of aromatic nitrogens is 2. The number of benzene rings is 1. The van der Waals surface area contributed by atoms with Gasteiger partial charge in [0.25, 0.3) is 5.91 Å². The van der Waals surface area contributed by atoms with Crippen LogP contribution >= 0.6 is 12.4 Å². The Morgan fingerprint density at radius 1 is 1.25 bits per heavy atom. The normalized spacial score (nSPS) is 16.3. The quantitative estimate of drug-likeness (QED) is 0.783. The fraction of sp³-hybridized carbons (Fsp3) is 0.444. The van der Waals surface area contributed by atoms with Crippen LogP contribution in [0.2, 0.25) is 0 Å². The molecule has 0 unspecified atom stereocenters. The van der Waals surface area contributed by atoms with E-state index in [1.165, 1.54) is 10.9 Å². The van der Waals surface area contributed by atoms with E-state index >= 15 is 0 Å². The number of hydrogen-bond acceptors (Lipinski definition) is 4. The van der Waals surface area contributed by atoms with Gasteiger partial charge in [-0.15, -0.1) is 12.4 Å². The molecule has 0 spiro atoms. The van der Waals surface area contributed by atoms with Crippen LogP contribution in [-0.4, -0.2) is 41.5 Å². The van der Waals surface area contributed by atoms with Crippen molar-refractivity contribution < 1.29 is 22.7 Å². The zero-order valence-corrected chi connectivity index (χ0v) is 16.1. The van der Waals surface area contributed by atoms with E-state index in [0.717, 1.165) is 24.7 Å². The minimum Gasteiger partial charge on any atom is -0.368 e. The fourth-order valence-corrected chi connectivity index (χ4v) is 3.08. The van der Waals surface area contributed by atoms with Crippen LogP contribution in [0.25, 0.3) is 5.69 Å². The summed E-state index contributed by atoms with van der Waals surface area (Å²) in [5.41, 5.74) is -0.415. The number of amides is 1. The minimum atomic E-state index is -4.47. The first-order chi connectivity index (χ1) is 12.8. The molecule has 0 aliphatic carbocycles. The van der Waals surface area contributed by atoms with E-state index < -0.39 is 17.5 Å². The molecule has 28 heavy (non-hydrogen) atoms. The number of nitrogens with zero attached hydrogens (tertiary/aromatic N) is 2. The predicted molar refractivity (Wildman–Crippen MR) is 99.5 cm³/mol. The van der Waals surface area contributed by atoms with Crippen molar-refractivity contribution >= 4 is 18.3 Å². The Labute approximate surface area is 166 Å². The molecule has 1 fully saturated rings. The van der Waals surface area contributed by atoms with E-state index in [1.54, 1.807) is 31.4 Å². The van der Waals surface area contributed by atoms with Gasteiger partial charge in [-0.3, -0.25) is 4.79 Å². The van der Waals surface area contributed by atoms with Crippen LogP contribution in [0.5, 0.6) is 0 Å². The molecule has 154 valence electrons. The van der Waals surface area contributed by atoms with Gasteiger partial charge < -0.3 is 15.4 Å². The van der Waals surface area contributed by atoms with Crippen molar-refractivity contribution in [3.8, 4) is 5.69 Å². The summed E-state index contributed by atoms with van der Waals surface area (Å²) < 4.78 is 44.6. The Bertz CT molecular complexity index is 787. The van der Waals surface area contributed by atoms with Gasteiger partial charge in [-0.25, -0.2) is 4.68 Å². The van der Waals surface area contributed by atoms with Crippen molar-refractivity contribution in [3.05, 3.63) is 47.8 Å². The molecular formula is C18H22ClF3N4O2. The second-order valence-electron chi connectivity index (χ2n) is 6.44. The topological polar surface area (TPSA) is 68.2 Å². The Morgan fingerprint density at radius 2 is 1.89 bits per heavy atom. The molecule has 1 aliphatic rings. The van der Waals surface area contributed by atoms with Gasteiger partial charge in [0.1, 0.15) is 5.60 Å². The summed E-state index contributed by atoms with van der Waals surface area (Å²) in [5, 5.41) is 9.61. The summed E-state index contributed by atoms with van der Waals surface area (Å²) in [6.45, 7) is 1.75. The van der Waals surface area contributed by atoms with Crippen molar-refractivity contribution in [3.63, 3.8) is 0 Å². The lowest BCUT2D eigenvalue weighted by Gasteiger charge is -2.34. The molecule has 2 heterocycles. The molecule has 0 radical (unpaired) electrons. The second kappa shape index (κ2) is 8.93. The fourth-order valence-electron chi connectivity index (χ4n) is 3.08. The molecule has 2 N–H and O–H groups in total. The highest BCUT2D eigenvalue weighted by Crippen LogP contribution is 2.28. The molecule has 6 nitrogen and oxygen atoms in total. The molecule has 1 aliphatic heterocycles. The van der Waals surface area contributed by atoms with Gasteiger partial charge in [0.15, 0.2) is 5.69 Å². The van der Waals surface area contributed by atoms with Gasteiger partial charge in [0, 0.05) is 19.9 Å². The van der Waals surface area contributed by atoms with Crippen LogP contribution in [-0.2, 0) is 22.3 Å². The van der Waals surface area contributed by atoms with Crippen LogP contribution in [0.1, 0.15) is 24.1 Å². The van der Waals surface area contributed by atoms with Gasteiger partial charge in [0.2, 0.25) is 0 Å². The highest BCUT2D eigenvalue weighted by molar-refractivity contribution is 5.85. The highest BCUT2D eigenvalue weighted by Gasteiger charge is 2.39. The second-order valence-corrected chi connectivity index (χ2v) is 6.44. The third-order valence-corrected chi connectivity index (χ3v) is 4.75. The first kappa shape index (κ1) is 22.2. The van der Waals surface area contributed by atoms with E-state index in [1.807, 2.05) is 0 Å². The number of hydrogen-bond donors (Lipinski definition) is 2. The summed E-state index contributed by atoms with van der Waals surface area (Å²) >= 11 is 0. The number of alkyl halides is 3. The summed E-state index contributed by atoms with van der Waals surface area (Å²) in [7, 11) is 1.54. The summed E-state index contributed by atoms with van der Waals surface area (Å²) in [5.74, 6) is -0.155. The van der Waals surface area contributed by atoms with E-state index in [0.29, 0.717) is 25.1 Å². The molecule has 1 aromatic carbocycles. The van der Waals surface area contributed by atoms with Crippen molar-refractivity contribution in [2.45, 2.75) is 31.2 Å². The van der Waals surface area contributed by atoms with Gasteiger partial charge in [0.05, 0.1) is 5.69 Å². The highest BCUT2D eigenvalue weighted by atomic mass is 35.5. The Hall–Kier alpha value is -2.10. The number of methoxy groups -OCH3 is 1. The Kier molecular flexibility index (Phi) is 7.08. The zero-order valence-electron chi connectivity index (χ0n) is 15.3. The molecule has 1 amide bonds. The molecule has 0 atom stereocenters. The Morgan fingerprint density at radius 3 is 2.43 bits per heavy atom. The smallest absolute Gasteiger partial charge is 0.368 e. The molecular weight excluding hydrogens is 397 g/mol. The number of carbonyl (C=O) groups is 1. The number of carbonyl (C=O) groups excluding carboxylic acids is 1. The molecule has 0 bridgehead atoms. The van der Waals surface area contributed by atoms with Gasteiger partial charge in [-0.2, -0.15) is 18.3 Å². The van der Waals surface area contributed by atoms with Gasteiger partial charge in [-0.1, -0.05) is 12.1 Å². The number of piperidine rings is 1. The van der Waals surface area contributed by atoms with Gasteiger partial charge in [-0.05, 0) is 49.7 Å². The van der Waals surface area contributed by atoms with E-state index in [2.05, 4.69) is 15.7 Å². The van der Waals surface area contributed by atoms with Crippen molar-refractivity contribution in [2.24, 2.45) is 0 Å². The lowest BCUT2D eigenvalue weighted by atomic mass is 9.91. The van der Waals surface area contributed by atoms with Crippen LogP contribution in [0.4, 0.5) is 13.2 Å². The van der Waals surface area contributed by atoms with Crippen LogP contribution in [0.15, 0.2) is 36.5 Å². The zero-order chi connectivity index (χ0) is 19.5. The molecule has 3 rings (SSSR count). The van der Waals surface area contributed by atoms with Crippen LogP contribution in [0.3, 0.4) is 0 Å². The Balaban J connectivity index is 0.00000280. The van der Waals surface area contributed by atoms with Gasteiger partial charge >= 0.3 is 6.18 Å². The maximum atomic E-state index is 12.6. The van der Waals surface area contributed by atoms with Crippen LogP contribution < -0.4 is 10.6 Å². The molecule has 10 heteroatoms. The summed E-state index contributed by atoms with van der Waals surface area (Å²) in [6, 6.07) is 7.73. The average Bonchev–Trinajstić information content (AvgIpc) is 3.18. The first-order valence-electron chi connectivity index (χ1n) is 8.60. The number of rotatable bonds is 5. The van der Waals surface area contributed by atoms with E-state index in [-0.39, 0.29) is 18.3 Å². The summed E-state index contributed by atoms with van der Waals surface area (Å²) in [4.78, 5) is 12.5. The lowest BCUT2D eigenvalue weighted by molar-refractivity contribution is -0.146. The largest absolute Gasteiger partial charge is 0.435 e. The average molecular weight is 419 g/mol. The third-order valence-electron chi connectivity index (χ3n) is 4.75. The first-order valence-corrected chi connectivity index (χ1v) is 8.60. The van der Waals surface area contributed by atoms with Crippen molar-refractivity contribution in [2.75, 3.05) is 20.2 Å². The van der Waals surface area contributed by atoms with E-state index in [9.17, 15) is 18.0 Å². The van der Waals surface area contributed by atoms with Crippen molar-refractivity contribution in [1.29, 1.82) is 0 Å². The van der Waals surface area contributed by atoms with E-state index in [4.69, 9.17) is 4.74 Å². The standard InChI is InChI=1S/C18H21F3N4O2.ClH/c1-27-17(7-9-22-10-8-17)16(26)23-12-13-2-4-14(5-3-13)25-11-6-15(24-25)18(19,20)21;/h2-6,11,22H,7-10,12H2,1H3,(H,23,26);1H. The molecule has 0 saturated carbocycles. The van der Waals surface area contributed by atoms with Crippen molar-refractivity contribution in [1.82, 2.24) is 20.4 Å². The number of halogens is 4. The number of ether oxygens (including phenoxy) is 1. The molecule has 1 aromatic heterocycles. The maximum Gasteiger partial charge on any atom is 0.435 e. The monoisotopic (exact) mass is 418 g/mol. The molecule has 1 saturated heterocycles. The predicted octanol–water partition coefficient (Wildman–Crippen LogP) is 2.70. The summed E-state index contributed by atoms with van der Waals surface area (Å²) in [6.07, 6.45) is -2.00. The number of nitrogens with one attached hydrogen (secondary N) is 2.